The molecule has 75 valence electrons. The Labute approximate surface area is 79.5 Å². The van der Waals surface area contributed by atoms with Crippen molar-refractivity contribution in [2.45, 2.75) is 45.6 Å². The van der Waals surface area contributed by atoms with Gasteiger partial charge in [-0.15, -0.1) is 0 Å². The standard InChI is InChI=1S/C10H17O3/c1-5-8(11)7-10(3,4)13-9(12)6-2/h2,5-7H2,1,3-4H3. The fourth-order valence-electron chi connectivity index (χ4n) is 0.995. The Morgan fingerprint density at radius 3 is 2.31 bits per heavy atom. The number of hydrogen-bond donors (Lipinski definition) is 0. The molecule has 0 aliphatic heterocycles. The molecular formula is C10H17O3. The molecule has 0 spiro atoms. The molecule has 0 aliphatic carbocycles. The van der Waals surface area contributed by atoms with Gasteiger partial charge in [0.2, 0.25) is 0 Å². The van der Waals surface area contributed by atoms with Gasteiger partial charge in [-0.3, -0.25) is 9.59 Å². The van der Waals surface area contributed by atoms with Gasteiger partial charge in [0.05, 0.1) is 0 Å². The molecule has 1 radical (unpaired) electrons. The average Bonchev–Trinajstić information content (AvgIpc) is 2.02. The van der Waals surface area contributed by atoms with Gasteiger partial charge < -0.3 is 4.74 Å². The van der Waals surface area contributed by atoms with E-state index >= 15 is 0 Å². The molecule has 0 aromatic rings. The van der Waals surface area contributed by atoms with Crippen LogP contribution < -0.4 is 0 Å². The lowest BCUT2D eigenvalue weighted by Crippen LogP contribution is -2.30. The molecule has 13 heavy (non-hydrogen) atoms. The van der Waals surface area contributed by atoms with Crippen LogP contribution in [0.3, 0.4) is 0 Å². The molecule has 0 fully saturated rings. The highest BCUT2D eigenvalue weighted by atomic mass is 16.6. The molecule has 0 rings (SSSR count). The van der Waals surface area contributed by atoms with Crippen LogP contribution in [0.5, 0.6) is 0 Å². The molecule has 0 bridgehead atoms. The van der Waals surface area contributed by atoms with Crippen molar-refractivity contribution in [2.75, 3.05) is 0 Å². The molecule has 0 aromatic heterocycles. The number of esters is 1. The van der Waals surface area contributed by atoms with Crippen LogP contribution in [0.4, 0.5) is 0 Å². The molecular weight excluding hydrogens is 168 g/mol. The van der Waals surface area contributed by atoms with Gasteiger partial charge in [-0.05, 0) is 20.8 Å². The van der Waals surface area contributed by atoms with Crippen molar-refractivity contribution < 1.29 is 14.3 Å². The van der Waals surface area contributed by atoms with Crippen molar-refractivity contribution >= 4 is 11.8 Å². The van der Waals surface area contributed by atoms with Crippen molar-refractivity contribution in [2.24, 2.45) is 0 Å². The summed E-state index contributed by atoms with van der Waals surface area (Å²) >= 11 is 0. The van der Waals surface area contributed by atoms with Crippen LogP contribution in [0.15, 0.2) is 0 Å². The summed E-state index contributed by atoms with van der Waals surface area (Å²) in [6.45, 7) is 8.66. The van der Waals surface area contributed by atoms with Crippen molar-refractivity contribution in [3.63, 3.8) is 0 Å². The first kappa shape index (κ1) is 12.1. The second-order valence-electron chi connectivity index (χ2n) is 3.55. The quantitative estimate of drug-likeness (QED) is 0.614. The molecule has 0 aliphatic rings. The zero-order valence-electron chi connectivity index (χ0n) is 8.55. The van der Waals surface area contributed by atoms with Crippen LogP contribution in [0.1, 0.15) is 40.0 Å². The van der Waals surface area contributed by atoms with Crippen LogP contribution in [0.2, 0.25) is 0 Å². The summed E-state index contributed by atoms with van der Waals surface area (Å²) in [5.41, 5.74) is -0.693. The number of carbonyl (C=O) groups excluding carboxylic acids is 2. The highest BCUT2D eigenvalue weighted by Gasteiger charge is 2.24. The Hall–Kier alpha value is -0.860. The lowest BCUT2D eigenvalue weighted by Gasteiger charge is -2.23. The van der Waals surface area contributed by atoms with Crippen LogP contribution in [0, 0.1) is 6.92 Å². The smallest absolute Gasteiger partial charge is 0.306 e. The molecule has 0 atom stereocenters. The Morgan fingerprint density at radius 2 is 1.92 bits per heavy atom. The van der Waals surface area contributed by atoms with Crippen LogP contribution in [-0.4, -0.2) is 17.4 Å². The maximum atomic E-state index is 11.1. The number of ketones is 1. The predicted octanol–water partition coefficient (Wildman–Crippen LogP) is 1.90. The lowest BCUT2D eigenvalue weighted by molar-refractivity contribution is -0.157. The topological polar surface area (TPSA) is 43.4 Å². The number of hydrogen-bond acceptors (Lipinski definition) is 3. The third-order valence-electron chi connectivity index (χ3n) is 1.61. The van der Waals surface area contributed by atoms with E-state index in [1.807, 2.05) is 0 Å². The maximum Gasteiger partial charge on any atom is 0.306 e. The number of Topliss-reactive ketones (excluding diaryl/α,β-unsaturated/α-hetero) is 1. The first-order valence-electron chi connectivity index (χ1n) is 4.44. The molecule has 0 saturated heterocycles. The van der Waals surface area contributed by atoms with E-state index in [-0.39, 0.29) is 24.6 Å². The molecule has 0 amide bonds. The SMILES string of the molecule is [CH2]CC(=O)OC(C)(C)CC(=O)CC. The Kier molecular flexibility index (Phi) is 4.67. The van der Waals surface area contributed by atoms with E-state index in [1.54, 1.807) is 20.8 Å². The molecule has 3 nitrogen and oxygen atoms in total. The Balaban J connectivity index is 4.07. The monoisotopic (exact) mass is 185 g/mol. The first-order chi connectivity index (χ1) is 5.91. The summed E-state index contributed by atoms with van der Waals surface area (Å²) in [4.78, 5) is 22.0. The van der Waals surface area contributed by atoms with Gasteiger partial charge in [-0.1, -0.05) is 6.92 Å². The average molecular weight is 185 g/mol. The Morgan fingerprint density at radius 1 is 1.38 bits per heavy atom. The number of carbonyl (C=O) groups is 2. The van der Waals surface area contributed by atoms with Crippen molar-refractivity contribution in [3.05, 3.63) is 6.92 Å². The molecule has 0 unspecified atom stereocenters. The first-order valence-corrected chi connectivity index (χ1v) is 4.44. The largest absolute Gasteiger partial charge is 0.459 e. The zero-order chi connectivity index (χ0) is 10.5. The lowest BCUT2D eigenvalue weighted by atomic mass is 10.0. The van der Waals surface area contributed by atoms with Gasteiger partial charge in [-0.2, -0.15) is 0 Å². The minimum Gasteiger partial charge on any atom is -0.459 e. The van der Waals surface area contributed by atoms with E-state index in [0.717, 1.165) is 0 Å². The minimum atomic E-state index is -0.693. The van der Waals surface area contributed by atoms with Gasteiger partial charge >= 0.3 is 5.97 Å². The molecule has 0 saturated carbocycles. The normalized spacial score (nSPS) is 11.1. The van der Waals surface area contributed by atoms with Crippen molar-refractivity contribution in [3.8, 4) is 0 Å². The van der Waals surface area contributed by atoms with Gasteiger partial charge in [0.15, 0.2) is 0 Å². The third kappa shape index (κ3) is 5.39. The van der Waals surface area contributed by atoms with Gasteiger partial charge in [0.1, 0.15) is 11.4 Å². The highest BCUT2D eigenvalue weighted by Crippen LogP contribution is 2.16. The van der Waals surface area contributed by atoms with Crippen molar-refractivity contribution in [1.82, 2.24) is 0 Å². The molecule has 0 heterocycles. The predicted molar refractivity (Wildman–Crippen MR) is 50.1 cm³/mol. The van der Waals surface area contributed by atoms with E-state index in [2.05, 4.69) is 6.92 Å². The van der Waals surface area contributed by atoms with Crippen LogP contribution in [-0.2, 0) is 14.3 Å². The van der Waals surface area contributed by atoms with E-state index in [0.29, 0.717) is 6.42 Å². The summed E-state index contributed by atoms with van der Waals surface area (Å²) in [6, 6.07) is 0. The Bertz CT molecular complexity index is 174. The van der Waals surface area contributed by atoms with Gasteiger partial charge in [0, 0.05) is 19.3 Å². The molecule has 3 heteroatoms. The summed E-state index contributed by atoms with van der Waals surface area (Å²) in [7, 11) is 0. The number of ether oxygens (including phenoxy) is 1. The third-order valence-corrected chi connectivity index (χ3v) is 1.61. The van der Waals surface area contributed by atoms with Crippen LogP contribution >= 0.6 is 0 Å². The van der Waals surface area contributed by atoms with E-state index < -0.39 is 5.60 Å². The maximum absolute atomic E-state index is 11.1. The van der Waals surface area contributed by atoms with Gasteiger partial charge in [0.25, 0.3) is 0 Å². The summed E-state index contributed by atoms with van der Waals surface area (Å²) < 4.78 is 5.04. The highest BCUT2D eigenvalue weighted by molar-refractivity contribution is 5.79. The number of rotatable bonds is 5. The van der Waals surface area contributed by atoms with Crippen molar-refractivity contribution in [1.29, 1.82) is 0 Å². The van der Waals surface area contributed by atoms with Gasteiger partial charge in [-0.25, -0.2) is 0 Å². The van der Waals surface area contributed by atoms with Crippen LogP contribution in [0.25, 0.3) is 0 Å². The zero-order valence-corrected chi connectivity index (χ0v) is 8.55. The molecule has 0 aromatic carbocycles. The fraction of sp³-hybridized carbons (Fsp3) is 0.700. The minimum absolute atomic E-state index is 0.0989. The molecule has 0 N–H and O–H groups in total. The van der Waals surface area contributed by atoms with E-state index in [1.165, 1.54) is 0 Å². The second-order valence-corrected chi connectivity index (χ2v) is 3.55. The van der Waals surface area contributed by atoms with E-state index in [9.17, 15) is 9.59 Å². The summed E-state index contributed by atoms with van der Waals surface area (Å²) in [5, 5.41) is 0. The fourth-order valence-corrected chi connectivity index (χ4v) is 0.995. The second kappa shape index (κ2) is 5.00. The summed E-state index contributed by atoms with van der Waals surface area (Å²) in [5.74, 6) is -0.268. The summed E-state index contributed by atoms with van der Waals surface area (Å²) in [6.07, 6.45) is 0.852. The van der Waals surface area contributed by atoms with E-state index in [4.69, 9.17) is 4.74 Å².